The van der Waals surface area contributed by atoms with Crippen LogP contribution >= 0.6 is 0 Å². The first-order valence-electron chi connectivity index (χ1n) is 10.6. The zero-order chi connectivity index (χ0) is 21.4. The van der Waals surface area contributed by atoms with Crippen molar-refractivity contribution in [2.75, 3.05) is 0 Å². The normalized spacial score (nSPS) is 15.6. The van der Waals surface area contributed by atoms with Crippen LogP contribution in [0.25, 0.3) is 28.0 Å². The number of carbonyl (C=O) groups excluding carboxylic acids is 1. The molecular weight excluding hydrogens is 378 g/mol. The van der Waals surface area contributed by atoms with Crippen molar-refractivity contribution in [2.24, 2.45) is 0 Å². The molecule has 5 rings (SSSR count). The Kier molecular flexibility index (Phi) is 4.83. The minimum Gasteiger partial charge on any atom is -0.292 e. The zero-order valence-corrected chi connectivity index (χ0v) is 17.5. The summed E-state index contributed by atoms with van der Waals surface area (Å²) >= 11 is 0. The number of benzene rings is 3. The second kappa shape index (κ2) is 7.81. The Bertz CT molecular complexity index is 1290. The van der Waals surface area contributed by atoms with Crippen LogP contribution in [0.4, 0.5) is 0 Å². The average Bonchev–Trinajstić information content (AvgIpc) is 2.82. The third kappa shape index (κ3) is 3.40. The van der Waals surface area contributed by atoms with Crippen molar-refractivity contribution in [3.63, 3.8) is 0 Å². The number of carbonyl (C=O) groups is 1. The van der Waals surface area contributed by atoms with Crippen LogP contribution in [-0.2, 0) is 0 Å². The van der Waals surface area contributed by atoms with Crippen LogP contribution in [0.15, 0.2) is 97.6 Å². The standard InChI is InChI=1S/C29H23NO/c1-19-11-9-10-16-23(19)25-17-20(2)27-24(21-12-5-3-6-13-21)18-26(30-28(27)29(25)31)22-14-7-4-8-15-22/h3-16,18,25H,2,17H2,1H3. The molecule has 0 fully saturated rings. The fourth-order valence-corrected chi connectivity index (χ4v) is 4.52. The lowest BCUT2D eigenvalue weighted by Gasteiger charge is -2.28. The predicted octanol–water partition coefficient (Wildman–Crippen LogP) is 7.11. The van der Waals surface area contributed by atoms with Gasteiger partial charge >= 0.3 is 0 Å². The lowest BCUT2D eigenvalue weighted by Crippen LogP contribution is -2.23. The first-order chi connectivity index (χ1) is 15.1. The molecule has 150 valence electrons. The van der Waals surface area contributed by atoms with Gasteiger partial charge in [-0.15, -0.1) is 0 Å². The summed E-state index contributed by atoms with van der Waals surface area (Å²) in [6.45, 7) is 6.45. The summed E-state index contributed by atoms with van der Waals surface area (Å²) in [6.07, 6.45) is 0.614. The van der Waals surface area contributed by atoms with E-state index in [4.69, 9.17) is 4.98 Å². The number of aryl methyl sites for hydroxylation is 1. The highest BCUT2D eigenvalue weighted by Crippen LogP contribution is 2.44. The topological polar surface area (TPSA) is 30.0 Å². The molecule has 1 aliphatic carbocycles. The van der Waals surface area contributed by atoms with E-state index in [0.29, 0.717) is 12.1 Å². The van der Waals surface area contributed by atoms with E-state index in [1.54, 1.807) is 0 Å². The second-order valence-corrected chi connectivity index (χ2v) is 8.09. The Hall–Kier alpha value is -3.78. The minimum absolute atomic E-state index is 0.0756. The number of pyridine rings is 1. The maximum Gasteiger partial charge on any atom is 0.189 e. The van der Waals surface area contributed by atoms with Gasteiger partial charge < -0.3 is 0 Å². The van der Waals surface area contributed by atoms with E-state index < -0.39 is 0 Å². The van der Waals surface area contributed by atoms with Gasteiger partial charge in [-0.05, 0) is 47.2 Å². The fraction of sp³-hybridized carbons (Fsp3) is 0.103. The molecule has 2 heteroatoms. The molecule has 2 nitrogen and oxygen atoms in total. The maximum absolute atomic E-state index is 13.8. The summed E-state index contributed by atoms with van der Waals surface area (Å²) in [7, 11) is 0. The van der Waals surface area contributed by atoms with Gasteiger partial charge in [-0.2, -0.15) is 0 Å². The predicted molar refractivity (Wildman–Crippen MR) is 127 cm³/mol. The van der Waals surface area contributed by atoms with Crippen molar-refractivity contribution in [3.8, 4) is 22.4 Å². The van der Waals surface area contributed by atoms with Gasteiger partial charge in [0.2, 0.25) is 0 Å². The highest BCUT2D eigenvalue weighted by atomic mass is 16.1. The minimum atomic E-state index is -0.247. The summed E-state index contributed by atoms with van der Waals surface area (Å²) in [6, 6.07) is 30.5. The third-order valence-electron chi connectivity index (χ3n) is 6.09. The molecule has 3 aromatic carbocycles. The highest BCUT2D eigenvalue weighted by molar-refractivity contribution is 6.09. The lowest BCUT2D eigenvalue weighted by molar-refractivity contribution is 0.0951. The van der Waals surface area contributed by atoms with E-state index in [0.717, 1.165) is 44.6 Å². The number of fused-ring (bicyclic) bond motifs is 1. The Morgan fingerprint density at radius 1 is 0.839 bits per heavy atom. The van der Waals surface area contributed by atoms with Crippen LogP contribution < -0.4 is 0 Å². The van der Waals surface area contributed by atoms with Crippen LogP contribution in [-0.4, -0.2) is 10.8 Å². The van der Waals surface area contributed by atoms with Crippen molar-refractivity contribution < 1.29 is 4.79 Å². The van der Waals surface area contributed by atoms with Crippen molar-refractivity contribution in [3.05, 3.63) is 120 Å². The molecule has 0 aliphatic heterocycles. The molecule has 0 amide bonds. The van der Waals surface area contributed by atoms with Gasteiger partial charge in [0, 0.05) is 11.1 Å². The molecule has 0 saturated carbocycles. The molecule has 1 atom stereocenters. The van der Waals surface area contributed by atoms with E-state index in [-0.39, 0.29) is 11.7 Å². The van der Waals surface area contributed by atoms with Crippen molar-refractivity contribution in [2.45, 2.75) is 19.3 Å². The monoisotopic (exact) mass is 401 g/mol. The summed E-state index contributed by atoms with van der Waals surface area (Å²) in [4.78, 5) is 18.7. The molecule has 1 heterocycles. The molecule has 4 aromatic rings. The SMILES string of the molecule is C=C1CC(c2ccccc2C)C(=O)c2nc(-c3ccccc3)cc(-c3ccccc3)c21. The van der Waals surface area contributed by atoms with E-state index in [1.807, 2.05) is 60.7 Å². The molecular formula is C29H23NO. The third-order valence-corrected chi connectivity index (χ3v) is 6.09. The molecule has 0 spiro atoms. The number of ketones is 1. The van der Waals surface area contributed by atoms with Gasteiger partial charge in [0.05, 0.1) is 11.6 Å². The smallest absolute Gasteiger partial charge is 0.189 e. The lowest BCUT2D eigenvalue weighted by atomic mass is 9.75. The molecule has 0 radical (unpaired) electrons. The number of aromatic nitrogens is 1. The highest BCUT2D eigenvalue weighted by Gasteiger charge is 2.35. The van der Waals surface area contributed by atoms with Crippen LogP contribution in [0.3, 0.4) is 0 Å². The van der Waals surface area contributed by atoms with Gasteiger partial charge in [0.1, 0.15) is 5.69 Å². The summed E-state index contributed by atoms with van der Waals surface area (Å²) < 4.78 is 0. The Morgan fingerprint density at radius 2 is 1.45 bits per heavy atom. The van der Waals surface area contributed by atoms with Gasteiger partial charge in [-0.3, -0.25) is 4.79 Å². The molecule has 0 saturated heterocycles. The molecule has 0 bridgehead atoms. The van der Waals surface area contributed by atoms with Gasteiger partial charge in [-0.25, -0.2) is 4.98 Å². The maximum atomic E-state index is 13.8. The number of hydrogen-bond donors (Lipinski definition) is 0. The molecule has 1 aliphatic rings. The molecule has 0 N–H and O–H groups in total. The van der Waals surface area contributed by atoms with Crippen molar-refractivity contribution >= 4 is 11.4 Å². The van der Waals surface area contributed by atoms with Crippen molar-refractivity contribution in [1.29, 1.82) is 0 Å². The summed E-state index contributed by atoms with van der Waals surface area (Å²) in [5, 5.41) is 0. The van der Waals surface area contributed by atoms with Crippen LogP contribution in [0.2, 0.25) is 0 Å². The molecule has 1 unspecified atom stereocenters. The van der Waals surface area contributed by atoms with Gasteiger partial charge in [-0.1, -0.05) is 91.5 Å². The van der Waals surface area contributed by atoms with Gasteiger partial charge in [0.25, 0.3) is 0 Å². The number of hydrogen-bond acceptors (Lipinski definition) is 2. The van der Waals surface area contributed by atoms with Crippen molar-refractivity contribution in [1.82, 2.24) is 4.98 Å². The second-order valence-electron chi connectivity index (χ2n) is 8.09. The number of allylic oxidation sites excluding steroid dienone is 1. The first-order valence-corrected chi connectivity index (χ1v) is 10.6. The molecule has 1 aromatic heterocycles. The van der Waals surface area contributed by atoms with E-state index in [2.05, 4.69) is 43.8 Å². The molecule has 31 heavy (non-hydrogen) atoms. The number of rotatable bonds is 3. The van der Waals surface area contributed by atoms with E-state index >= 15 is 0 Å². The largest absolute Gasteiger partial charge is 0.292 e. The van der Waals surface area contributed by atoms with Crippen LogP contribution in [0.5, 0.6) is 0 Å². The van der Waals surface area contributed by atoms with Gasteiger partial charge in [0.15, 0.2) is 5.78 Å². The summed E-state index contributed by atoms with van der Waals surface area (Å²) in [5.41, 5.74) is 8.47. The van der Waals surface area contributed by atoms with Crippen LogP contribution in [0.1, 0.15) is 39.5 Å². The Balaban J connectivity index is 1.75. The summed E-state index contributed by atoms with van der Waals surface area (Å²) in [5.74, 6) is -0.171. The van der Waals surface area contributed by atoms with Crippen LogP contribution in [0, 0.1) is 6.92 Å². The number of Topliss-reactive ketones (excluding diaryl/α,β-unsaturated/α-hetero) is 1. The fourth-order valence-electron chi connectivity index (χ4n) is 4.52. The Morgan fingerprint density at radius 3 is 2.13 bits per heavy atom. The Labute approximate surface area is 182 Å². The van der Waals surface area contributed by atoms with E-state index in [1.165, 1.54) is 0 Å². The zero-order valence-electron chi connectivity index (χ0n) is 17.5. The number of nitrogens with zero attached hydrogens (tertiary/aromatic N) is 1. The average molecular weight is 402 g/mol. The first kappa shape index (κ1) is 19.2. The van der Waals surface area contributed by atoms with E-state index in [9.17, 15) is 4.79 Å². The quantitative estimate of drug-likeness (QED) is 0.366.